The molecule has 1 aliphatic carbocycles. The van der Waals surface area contributed by atoms with Gasteiger partial charge in [-0.05, 0) is 44.1 Å². The second-order valence-corrected chi connectivity index (χ2v) is 7.48. The van der Waals surface area contributed by atoms with Crippen LogP contribution in [0.1, 0.15) is 65.7 Å². The summed E-state index contributed by atoms with van der Waals surface area (Å²) < 4.78 is 6.22. The minimum Gasteiger partial charge on any atom is -0.375 e. The SMILES string of the molecule is CNC(C1CCOC2(CCCCC2)C1)C(C)(C)C. The molecular weight excluding hydrogens is 222 g/mol. The molecule has 1 heterocycles. The minimum atomic E-state index is 0.238. The zero-order valence-corrected chi connectivity index (χ0v) is 12.7. The van der Waals surface area contributed by atoms with Gasteiger partial charge in [0.05, 0.1) is 5.60 Å². The molecule has 0 aromatic heterocycles. The van der Waals surface area contributed by atoms with E-state index < -0.39 is 0 Å². The molecule has 0 radical (unpaired) electrons. The lowest BCUT2D eigenvalue weighted by Crippen LogP contribution is -2.51. The van der Waals surface area contributed by atoms with Crippen LogP contribution >= 0.6 is 0 Å². The molecule has 18 heavy (non-hydrogen) atoms. The van der Waals surface area contributed by atoms with E-state index in [0.717, 1.165) is 12.5 Å². The first-order valence-electron chi connectivity index (χ1n) is 7.78. The number of hydrogen-bond acceptors (Lipinski definition) is 2. The fourth-order valence-electron chi connectivity index (χ4n) is 4.27. The Bertz CT molecular complexity index is 257. The van der Waals surface area contributed by atoms with Crippen molar-refractivity contribution in [1.82, 2.24) is 5.32 Å². The van der Waals surface area contributed by atoms with Crippen LogP contribution in [0.5, 0.6) is 0 Å². The van der Waals surface area contributed by atoms with Gasteiger partial charge >= 0.3 is 0 Å². The van der Waals surface area contributed by atoms with Crippen LogP contribution in [-0.4, -0.2) is 25.3 Å². The Labute approximate surface area is 113 Å². The summed E-state index contributed by atoms with van der Waals surface area (Å²) in [6, 6.07) is 0.611. The molecule has 1 saturated heterocycles. The fourth-order valence-corrected chi connectivity index (χ4v) is 4.27. The molecule has 0 aromatic rings. The molecule has 2 atom stereocenters. The molecule has 2 rings (SSSR count). The van der Waals surface area contributed by atoms with Gasteiger partial charge in [-0.2, -0.15) is 0 Å². The molecule has 2 aliphatic rings. The highest BCUT2D eigenvalue weighted by molar-refractivity contribution is 4.95. The molecule has 1 spiro atoms. The van der Waals surface area contributed by atoms with E-state index in [1.165, 1.54) is 44.9 Å². The van der Waals surface area contributed by atoms with Crippen molar-refractivity contribution in [1.29, 1.82) is 0 Å². The maximum absolute atomic E-state index is 6.22. The lowest BCUT2D eigenvalue weighted by molar-refractivity contribution is -0.126. The van der Waals surface area contributed by atoms with Gasteiger partial charge in [0.2, 0.25) is 0 Å². The van der Waals surface area contributed by atoms with Crippen LogP contribution in [0.25, 0.3) is 0 Å². The highest BCUT2D eigenvalue weighted by Crippen LogP contribution is 2.43. The Morgan fingerprint density at radius 2 is 1.83 bits per heavy atom. The minimum absolute atomic E-state index is 0.238. The van der Waals surface area contributed by atoms with Crippen molar-refractivity contribution >= 4 is 0 Å². The van der Waals surface area contributed by atoms with Crippen molar-refractivity contribution in [2.45, 2.75) is 77.4 Å². The average Bonchev–Trinajstić information content (AvgIpc) is 2.29. The van der Waals surface area contributed by atoms with Crippen LogP contribution in [0.15, 0.2) is 0 Å². The molecule has 1 aliphatic heterocycles. The molecule has 106 valence electrons. The quantitative estimate of drug-likeness (QED) is 0.809. The number of hydrogen-bond donors (Lipinski definition) is 1. The van der Waals surface area contributed by atoms with Crippen molar-refractivity contribution in [2.24, 2.45) is 11.3 Å². The molecule has 0 aromatic carbocycles. The smallest absolute Gasteiger partial charge is 0.0685 e. The van der Waals surface area contributed by atoms with Crippen molar-refractivity contribution in [2.75, 3.05) is 13.7 Å². The van der Waals surface area contributed by atoms with E-state index in [9.17, 15) is 0 Å². The summed E-state index contributed by atoms with van der Waals surface area (Å²) in [6.07, 6.45) is 9.23. The van der Waals surface area contributed by atoms with Crippen LogP contribution in [0, 0.1) is 11.3 Å². The summed E-state index contributed by atoms with van der Waals surface area (Å²) in [5.74, 6) is 0.779. The molecule has 2 nitrogen and oxygen atoms in total. The normalized spacial score (nSPS) is 30.3. The molecule has 1 saturated carbocycles. The maximum atomic E-state index is 6.22. The van der Waals surface area contributed by atoms with E-state index in [4.69, 9.17) is 4.74 Å². The standard InChI is InChI=1S/C16H31NO/c1-15(2,3)14(17-4)13-8-11-18-16(12-13)9-6-5-7-10-16/h13-14,17H,5-12H2,1-4H3. The highest BCUT2D eigenvalue weighted by atomic mass is 16.5. The van der Waals surface area contributed by atoms with E-state index in [0.29, 0.717) is 11.5 Å². The summed E-state index contributed by atoms with van der Waals surface area (Å²) in [5.41, 5.74) is 0.578. The van der Waals surface area contributed by atoms with Gasteiger partial charge in [-0.25, -0.2) is 0 Å². The van der Waals surface area contributed by atoms with Gasteiger partial charge in [-0.1, -0.05) is 40.0 Å². The molecule has 2 heteroatoms. The summed E-state index contributed by atoms with van der Waals surface area (Å²) in [7, 11) is 2.12. The van der Waals surface area contributed by atoms with E-state index in [1.54, 1.807) is 0 Å². The second kappa shape index (κ2) is 5.50. The zero-order chi connectivity index (χ0) is 13.2. The zero-order valence-electron chi connectivity index (χ0n) is 12.7. The van der Waals surface area contributed by atoms with E-state index in [1.807, 2.05) is 0 Å². The maximum Gasteiger partial charge on any atom is 0.0685 e. The van der Waals surface area contributed by atoms with Crippen molar-refractivity contribution < 1.29 is 4.74 Å². The Hall–Kier alpha value is -0.0800. The predicted molar refractivity (Wildman–Crippen MR) is 76.8 cm³/mol. The summed E-state index contributed by atoms with van der Waals surface area (Å²) >= 11 is 0. The average molecular weight is 253 g/mol. The highest BCUT2D eigenvalue weighted by Gasteiger charge is 2.42. The second-order valence-electron chi connectivity index (χ2n) is 7.48. The molecule has 0 amide bonds. The van der Waals surface area contributed by atoms with Crippen LogP contribution in [0.3, 0.4) is 0 Å². The third kappa shape index (κ3) is 3.08. The molecule has 0 bridgehead atoms. The fraction of sp³-hybridized carbons (Fsp3) is 1.00. The van der Waals surface area contributed by atoms with Crippen molar-refractivity contribution in [3.63, 3.8) is 0 Å². The Kier molecular flexibility index (Phi) is 4.38. The van der Waals surface area contributed by atoms with Gasteiger partial charge in [0.25, 0.3) is 0 Å². The molecule has 2 unspecified atom stereocenters. The predicted octanol–water partition coefficient (Wildman–Crippen LogP) is 3.75. The molecule has 2 fully saturated rings. The summed E-state index contributed by atoms with van der Waals surface area (Å²) in [5, 5.41) is 3.58. The third-order valence-corrected chi connectivity index (χ3v) is 5.01. The first-order chi connectivity index (χ1) is 8.47. The topological polar surface area (TPSA) is 21.3 Å². The molecular formula is C16H31NO. The van der Waals surface area contributed by atoms with Gasteiger partial charge in [-0.3, -0.25) is 0 Å². The number of ether oxygens (including phenoxy) is 1. The third-order valence-electron chi connectivity index (χ3n) is 5.01. The Morgan fingerprint density at radius 3 is 2.39 bits per heavy atom. The van der Waals surface area contributed by atoms with Crippen molar-refractivity contribution in [3.05, 3.63) is 0 Å². The number of nitrogens with one attached hydrogen (secondary N) is 1. The first-order valence-corrected chi connectivity index (χ1v) is 7.78. The van der Waals surface area contributed by atoms with Gasteiger partial charge < -0.3 is 10.1 Å². The van der Waals surface area contributed by atoms with Crippen molar-refractivity contribution in [3.8, 4) is 0 Å². The van der Waals surface area contributed by atoms with Gasteiger partial charge in [-0.15, -0.1) is 0 Å². The number of rotatable bonds is 2. The summed E-state index contributed by atoms with van der Waals surface area (Å²) in [4.78, 5) is 0. The lowest BCUT2D eigenvalue weighted by Gasteiger charge is -2.48. The monoisotopic (exact) mass is 253 g/mol. The lowest BCUT2D eigenvalue weighted by atomic mass is 9.69. The van der Waals surface area contributed by atoms with E-state index in [2.05, 4.69) is 33.1 Å². The van der Waals surface area contributed by atoms with E-state index >= 15 is 0 Å². The van der Waals surface area contributed by atoms with Crippen LogP contribution in [-0.2, 0) is 4.74 Å². The van der Waals surface area contributed by atoms with E-state index in [-0.39, 0.29) is 5.60 Å². The van der Waals surface area contributed by atoms with Gasteiger partial charge in [0.1, 0.15) is 0 Å². The van der Waals surface area contributed by atoms with Gasteiger partial charge in [0.15, 0.2) is 0 Å². The Balaban J connectivity index is 2.05. The largest absolute Gasteiger partial charge is 0.375 e. The molecule has 1 N–H and O–H groups in total. The van der Waals surface area contributed by atoms with Crippen LogP contribution < -0.4 is 5.32 Å². The Morgan fingerprint density at radius 1 is 1.17 bits per heavy atom. The van der Waals surface area contributed by atoms with Crippen LogP contribution in [0.4, 0.5) is 0 Å². The van der Waals surface area contributed by atoms with Gasteiger partial charge in [0, 0.05) is 12.6 Å². The first kappa shape index (κ1) is 14.3. The summed E-state index contributed by atoms with van der Waals surface area (Å²) in [6.45, 7) is 8.05. The van der Waals surface area contributed by atoms with Crippen LogP contribution in [0.2, 0.25) is 0 Å².